The number of benzene rings is 2. The Morgan fingerprint density at radius 2 is 1.96 bits per heavy atom. The Morgan fingerprint density at radius 3 is 2.74 bits per heavy atom. The Morgan fingerprint density at radius 1 is 1.19 bits per heavy atom. The third kappa shape index (κ3) is 5.94. The number of hydrogen-bond donors (Lipinski definition) is 2. The molecule has 5 nitrogen and oxygen atoms in total. The molecule has 1 saturated heterocycles. The summed E-state index contributed by atoms with van der Waals surface area (Å²) in [6, 6.07) is 15.2. The van der Waals surface area contributed by atoms with Gasteiger partial charge in [-0.3, -0.25) is 4.99 Å². The van der Waals surface area contributed by atoms with Gasteiger partial charge < -0.3 is 20.1 Å². The molecule has 1 atom stereocenters. The average Bonchev–Trinajstić information content (AvgIpc) is 2.73. The molecule has 2 aromatic carbocycles. The summed E-state index contributed by atoms with van der Waals surface area (Å²) >= 11 is 0. The third-order valence-corrected chi connectivity index (χ3v) is 4.99. The Kier molecular flexibility index (Phi) is 7.48. The molecule has 0 aliphatic carbocycles. The summed E-state index contributed by atoms with van der Waals surface area (Å²) in [5.74, 6) is 0.821. The second kappa shape index (κ2) is 10.3. The summed E-state index contributed by atoms with van der Waals surface area (Å²) in [4.78, 5) is 4.34. The van der Waals surface area contributed by atoms with E-state index in [1.54, 1.807) is 7.05 Å². The molecule has 1 fully saturated rings. The highest BCUT2D eigenvalue weighted by atomic mass is 16.5. The first-order valence-corrected chi connectivity index (χ1v) is 9.91. The van der Waals surface area contributed by atoms with Crippen molar-refractivity contribution in [2.75, 3.05) is 33.4 Å². The standard InChI is InChI=1S/C22H31N3O2/c1-17(19-9-8-18-6-3-4-7-20(18)16-19)25-22(23-2)24-12-5-13-27-21-10-14-26-15-11-21/h3-4,6-9,16-17,21H,5,10-15H2,1-2H3,(H2,23,24,25). The molecule has 0 spiro atoms. The molecular formula is C22H31N3O2. The number of fused-ring (bicyclic) bond motifs is 1. The molecule has 0 saturated carbocycles. The first-order valence-electron chi connectivity index (χ1n) is 9.91. The summed E-state index contributed by atoms with van der Waals surface area (Å²) < 4.78 is 11.3. The second-order valence-electron chi connectivity index (χ2n) is 7.01. The number of aliphatic imine (C=N–C) groups is 1. The van der Waals surface area contributed by atoms with Crippen LogP contribution in [0.25, 0.3) is 10.8 Å². The van der Waals surface area contributed by atoms with Crippen LogP contribution in [0.5, 0.6) is 0 Å². The topological polar surface area (TPSA) is 54.9 Å². The van der Waals surface area contributed by atoms with E-state index in [2.05, 4.69) is 65.0 Å². The number of rotatable bonds is 7. The Hall–Kier alpha value is -2.11. The Bertz CT molecular complexity index is 741. The van der Waals surface area contributed by atoms with E-state index in [0.717, 1.165) is 51.6 Å². The Balaban J connectivity index is 1.42. The van der Waals surface area contributed by atoms with E-state index in [9.17, 15) is 0 Å². The van der Waals surface area contributed by atoms with Crippen molar-refractivity contribution in [2.24, 2.45) is 4.99 Å². The largest absolute Gasteiger partial charge is 0.381 e. The minimum absolute atomic E-state index is 0.180. The number of ether oxygens (including phenoxy) is 2. The third-order valence-electron chi connectivity index (χ3n) is 4.99. The number of nitrogens with one attached hydrogen (secondary N) is 2. The summed E-state index contributed by atoms with van der Waals surface area (Å²) in [6.07, 6.45) is 3.35. The highest BCUT2D eigenvalue weighted by molar-refractivity contribution is 5.84. The number of nitrogens with zero attached hydrogens (tertiary/aromatic N) is 1. The second-order valence-corrected chi connectivity index (χ2v) is 7.01. The predicted molar refractivity (Wildman–Crippen MR) is 111 cm³/mol. The van der Waals surface area contributed by atoms with Crippen molar-refractivity contribution in [3.8, 4) is 0 Å². The molecule has 3 rings (SSSR count). The van der Waals surface area contributed by atoms with Crippen LogP contribution in [-0.4, -0.2) is 45.5 Å². The molecule has 27 heavy (non-hydrogen) atoms. The van der Waals surface area contributed by atoms with Crippen LogP contribution < -0.4 is 10.6 Å². The summed E-state index contributed by atoms with van der Waals surface area (Å²) in [7, 11) is 1.81. The van der Waals surface area contributed by atoms with Crippen LogP contribution in [0, 0.1) is 0 Å². The highest BCUT2D eigenvalue weighted by Gasteiger charge is 2.13. The van der Waals surface area contributed by atoms with Crippen LogP contribution in [0.3, 0.4) is 0 Å². The van der Waals surface area contributed by atoms with E-state index in [1.165, 1.54) is 16.3 Å². The predicted octanol–water partition coefficient (Wildman–Crippen LogP) is 3.65. The number of hydrogen-bond acceptors (Lipinski definition) is 3. The van der Waals surface area contributed by atoms with Gasteiger partial charge in [0.25, 0.3) is 0 Å². The molecule has 0 radical (unpaired) electrons. The van der Waals surface area contributed by atoms with Gasteiger partial charge in [0, 0.05) is 33.4 Å². The summed E-state index contributed by atoms with van der Waals surface area (Å²) in [5.41, 5.74) is 1.25. The van der Waals surface area contributed by atoms with Crippen LogP contribution in [0.15, 0.2) is 47.5 Å². The maximum Gasteiger partial charge on any atom is 0.191 e. The zero-order valence-electron chi connectivity index (χ0n) is 16.4. The first kappa shape index (κ1) is 19.6. The average molecular weight is 370 g/mol. The molecule has 1 heterocycles. The zero-order valence-corrected chi connectivity index (χ0v) is 16.4. The van der Waals surface area contributed by atoms with Gasteiger partial charge >= 0.3 is 0 Å². The monoisotopic (exact) mass is 369 g/mol. The molecule has 146 valence electrons. The molecule has 1 aliphatic heterocycles. The van der Waals surface area contributed by atoms with E-state index < -0.39 is 0 Å². The van der Waals surface area contributed by atoms with Gasteiger partial charge in [0.2, 0.25) is 0 Å². The van der Waals surface area contributed by atoms with E-state index in [0.29, 0.717) is 6.10 Å². The first-order chi connectivity index (χ1) is 13.3. The van der Waals surface area contributed by atoms with Gasteiger partial charge in [-0.1, -0.05) is 36.4 Å². The lowest BCUT2D eigenvalue weighted by molar-refractivity contribution is -0.0320. The van der Waals surface area contributed by atoms with Crippen molar-refractivity contribution in [2.45, 2.75) is 38.3 Å². The minimum Gasteiger partial charge on any atom is -0.381 e. The maximum absolute atomic E-state index is 5.91. The van der Waals surface area contributed by atoms with Gasteiger partial charge in [-0.15, -0.1) is 0 Å². The minimum atomic E-state index is 0.180. The van der Waals surface area contributed by atoms with E-state index in [4.69, 9.17) is 9.47 Å². The Labute approximate surface area is 162 Å². The SMILES string of the molecule is CN=C(NCCCOC1CCOCC1)NC(C)c1ccc2ccccc2c1. The van der Waals surface area contributed by atoms with Gasteiger partial charge in [-0.05, 0) is 48.6 Å². The van der Waals surface area contributed by atoms with Gasteiger partial charge in [0.05, 0.1) is 12.1 Å². The molecule has 5 heteroatoms. The quantitative estimate of drug-likeness (QED) is 0.444. The van der Waals surface area contributed by atoms with Crippen LogP contribution in [0.4, 0.5) is 0 Å². The van der Waals surface area contributed by atoms with Crippen molar-refractivity contribution in [1.82, 2.24) is 10.6 Å². The smallest absolute Gasteiger partial charge is 0.191 e. The van der Waals surface area contributed by atoms with Crippen LogP contribution >= 0.6 is 0 Å². The van der Waals surface area contributed by atoms with Crippen molar-refractivity contribution >= 4 is 16.7 Å². The molecule has 2 N–H and O–H groups in total. The van der Waals surface area contributed by atoms with Gasteiger partial charge in [0.1, 0.15) is 0 Å². The fourth-order valence-electron chi connectivity index (χ4n) is 3.33. The summed E-state index contributed by atoms with van der Waals surface area (Å²) in [5, 5.41) is 9.37. The lowest BCUT2D eigenvalue weighted by atomic mass is 10.0. The number of guanidine groups is 1. The van der Waals surface area contributed by atoms with E-state index in [-0.39, 0.29) is 6.04 Å². The lowest BCUT2D eigenvalue weighted by Gasteiger charge is -2.22. The molecule has 0 amide bonds. The summed E-state index contributed by atoms with van der Waals surface area (Å²) in [6.45, 7) is 5.42. The zero-order chi connectivity index (χ0) is 18.9. The van der Waals surface area contributed by atoms with Gasteiger partial charge in [0.15, 0.2) is 5.96 Å². The molecule has 0 bridgehead atoms. The fraction of sp³-hybridized carbons (Fsp3) is 0.500. The van der Waals surface area contributed by atoms with Crippen molar-refractivity contribution in [3.05, 3.63) is 48.0 Å². The maximum atomic E-state index is 5.91. The molecule has 1 unspecified atom stereocenters. The van der Waals surface area contributed by atoms with Crippen LogP contribution in [0.2, 0.25) is 0 Å². The normalized spacial score (nSPS) is 17.0. The molecule has 0 aromatic heterocycles. The van der Waals surface area contributed by atoms with Crippen LogP contribution in [0.1, 0.15) is 37.8 Å². The fourth-order valence-corrected chi connectivity index (χ4v) is 3.33. The lowest BCUT2D eigenvalue weighted by Crippen LogP contribution is -2.39. The van der Waals surface area contributed by atoms with E-state index >= 15 is 0 Å². The molecular weight excluding hydrogens is 338 g/mol. The van der Waals surface area contributed by atoms with Crippen LogP contribution in [-0.2, 0) is 9.47 Å². The van der Waals surface area contributed by atoms with Crippen molar-refractivity contribution in [1.29, 1.82) is 0 Å². The molecule has 2 aromatic rings. The molecule has 1 aliphatic rings. The van der Waals surface area contributed by atoms with Crippen molar-refractivity contribution in [3.63, 3.8) is 0 Å². The van der Waals surface area contributed by atoms with Crippen molar-refractivity contribution < 1.29 is 9.47 Å². The van der Waals surface area contributed by atoms with Gasteiger partial charge in [-0.25, -0.2) is 0 Å². The highest BCUT2D eigenvalue weighted by Crippen LogP contribution is 2.20. The van der Waals surface area contributed by atoms with Gasteiger partial charge in [-0.2, -0.15) is 0 Å². The van der Waals surface area contributed by atoms with E-state index in [1.807, 2.05) is 0 Å².